The number of carbonyl (C=O) groups is 1. The minimum absolute atomic E-state index is 0.0179. The molecule has 0 aliphatic carbocycles. The highest BCUT2D eigenvalue weighted by Gasteiger charge is 2.24. The van der Waals surface area contributed by atoms with Crippen molar-refractivity contribution >= 4 is 28.6 Å². The molecule has 3 nitrogen and oxygen atoms in total. The van der Waals surface area contributed by atoms with Gasteiger partial charge in [-0.2, -0.15) is 0 Å². The van der Waals surface area contributed by atoms with Gasteiger partial charge in [-0.05, 0) is 24.5 Å². The lowest BCUT2D eigenvalue weighted by Crippen LogP contribution is -2.15. The summed E-state index contributed by atoms with van der Waals surface area (Å²) in [6, 6.07) is 7.88. The lowest BCUT2D eigenvalue weighted by Gasteiger charge is -2.13. The van der Waals surface area contributed by atoms with Crippen LogP contribution in [0.15, 0.2) is 36.9 Å². The van der Waals surface area contributed by atoms with Gasteiger partial charge in [-0.15, -0.1) is 18.2 Å². The van der Waals surface area contributed by atoms with E-state index in [1.54, 1.807) is 4.57 Å². The standard InChI is InChI=1S/C18H22ClNO2/c1-4-6-10-16-17(13(5-2)12-19)14-9-7-8-11-15(14)20(16)18(21)22-3/h5,7-9,11,13H,2,4,6,10,12H2,1,3H3. The summed E-state index contributed by atoms with van der Waals surface area (Å²) in [6.45, 7) is 6.04. The zero-order chi connectivity index (χ0) is 16.1. The molecular formula is C18H22ClNO2. The zero-order valence-corrected chi connectivity index (χ0v) is 13.9. The van der Waals surface area contributed by atoms with Crippen molar-refractivity contribution in [3.63, 3.8) is 0 Å². The first-order valence-corrected chi connectivity index (χ1v) is 8.12. The van der Waals surface area contributed by atoms with Crippen LogP contribution >= 0.6 is 11.6 Å². The molecule has 2 aromatic rings. The van der Waals surface area contributed by atoms with Gasteiger partial charge in [0.1, 0.15) is 0 Å². The van der Waals surface area contributed by atoms with Crippen molar-refractivity contribution in [3.05, 3.63) is 48.2 Å². The van der Waals surface area contributed by atoms with E-state index in [9.17, 15) is 4.79 Å². The molecule has 1 atom stereocenters. The number of carbonyl (C=O) groups excluding carboxylic acids is 1. The van der Waals surface area contributed by atoms with Gasteiger partial charge >= 0.3 is 6.09 Å². The van der Waals surface area contributed by atoms with Crippen molar-refractivity contribution in [2.75, 3.05) is 13.0 Å². The molecule has 0 saturated carbocycles. The number of para-hydroxylation sites is 1. The molecular weight excluding hydrogens is 298 g/mol. The number of ether oxygens (including phenoxy) is 1. The lowest BCUT2D eigenvalue weighted by molar-refractivity contribution is 0.173. The van der Waals surface area contributed by atoms with E-state index >= 15 is 0 Å². The second-order valence-corrected chi connectivity index (χ2v) is 5.59. The SMILES string of the molecule is C=CC(CCl)c1c(CCCC)n(C(=O)OC)c2ccccc12. The Morgan fingerprint density at radius 3 is 2.77 bits per heavy atom. The van der Waals surface area contributed by atoms with Crippen LogP contribution in [-0.2, 0) is 11.2 Å². The maximum absolute atomic E-state index is 12.3. The third-order valence-corrected chi connectivity index (χ3v) is 4.29. The number of allylic oxidation sites excluding steroid dienone is 1. The number of fused-ring (bicyclic) bond motifs is 1. The predicted molar refractivity (Wildman–Crippen MR) is 92.0 cm³/mol. The van der Waals surface area contributed by atoms with Gasteiger partial charge in [-0.1, -0.05) is 37.6 Å². The molecule has 0 saturated heterocycles. The summed E-state index contributed by atoms with van der Waals surface area (Å²) in [5.74, 6) is 0.460. The van der Waals surface area contributed by atoms with Gasteiger partial charge < -0.3 is 4.74 Å². The van der Waals surface area contributed by atoms with Gasteiger partial charge in [-0.25, -0.2) is 9.36 Å². The maximum Gasteiger partial charge on any atom is 0.418 e. The van der Waals surface area contributed by atoms with Crippen LogP contribution in [0.25, 0.3) is 10.9 Å². The highest BCUT2D eigenvalue weighted by molar-refractivity contribution is 6.18. The molecule has 1 unspecified atom stereocenters. The summed E-state index contributed by atoms with van der Waals surface area (Å²) in [5.41, 5.74) is 2.95. The van der Waals surface area contributed by atoms with Gasteiger partial charge in [0.25, 0.3) is 0 Å². The number of hydrogen-bond donors (Lipinski definition) is 0. The average molecular weight is 320 g/mol. The number of halogens is 1. The van der Waals surface area contributed by atoms with E-state index < -0.39 is 0 Å². The largest absolute Gasteiger partial charge is 0.452 e. The minimum Gasteiger partial charge on any atom is -0.452 e. The first-order valence-electron chi connectivity index (χ1n) is 7.58. The van der Waals surface area contributed by atoms with E-state index in [0.717, 1.165) is 41.4 Å². The summed E-state index contributed by atoms with van der Waals surface area (Å²) >= 11 is 6.13. The van der Waals surface area contributed by atoms with E-state index in [2.05, 4.69) is 13.5 Å². The van der Waals surface area contributed by atoms with E-state index in [1.807, 2.05) is 30.3 Å². The van der Waals surface area contributed by atoms with Crippen molar-refractivity contribution in [2.45, 2.75) is 32.1 Å². The molecule has 118 valence electrons. The quantitative estimate of drug-likeness (QED) is 0.547. The molecule has 0 aliphatic heterocycles. The first kappa shape index (κ1) is 16.6. The molecule has 0 radical (unpaired) electrons. The summed E-state index contributed by atoms with van der Waals surface area (Å²) in [4.78, 5) is 12.3. The van der Waals surface area contributed by atoms with Crippen LogP contribution in [0, 0.1) is 0 Å². The monoisotopic (exact) mass is 319 g/mol. The predicted octanol–water partition coefficient (Wildman–Crippen LogP) is 5.11. The van der Waals surface area contributed by atoms with Crippen LogP contribution in [0.4, 0.5) is 4.79 Å². The Morgan fingerprint density at radius 2 is 2.18 bits per heavy atom. The summed E-state index contributed by atoms with van der Waals surface area (Å²) in [5, 5.41) is 1.05. The second kappa shape index (κ2) is 7.50. The van der Waals surface area contributed by atoms with Crippen LogP contribution in [-0.4, -0.2) is 23.7 Å². The van der Waals surface area contributed by atoms with Crippen LogP contribution in [0.2, 0.25) is 0 Å². The number of benzene rings is 1. The molecule has 1 heterocycles. The average Bonchev–Trinajstić information content (AvgIpc) is 2.88. The fourth-order valence-corrected chi connectivity index (χ4v) is 3.16. The highest BCUT2D eigenvalue weighted by atomic mass is 35.5. The Hall–Kier alpha value is -1.74. The third-order valence-electron chi connectivity index (χ3n) is 3.96. The number of rotatable bonds is 6. The Labute approximate surface area is 136 Å². The molecule has 0 spiro atoms. The van der Waals surface area contributed by atoms with Crippen LogP contribution in [0.5, 0.6) is 0 Å². The highest BCUT2D eigenvalue weighted by Crippen LogP contribution is 2.34. The van der Waals surface area contributed by atoms with Gasteiger partial charge in [0.05, 0.1) is 12.6 Å². The van der Waals surface area contributed by atoms with E-state index in [4.69, 9.17) is 16.3 Å². The van der Waals surface area contributed by atoms with E-state index in [0.29, 0.717) is 5.88 Å². The molecule has 0 bridgehead atoms. The van der Waals surface area contributed by atoms with E-state index in [1.165, 1.54) is 7.11 Å². The Morgan fingerprint density at radius 1 is 1.45 bits per heavy atom. The molecule has 0 amide bonds. The second-order valence-electron chi connectivity index (χ2n) is 5.28. The molecule has 2 rings (SSSR count). The normalized spacial score (nSPS) is 12.3. The van der Waals surface area contributed by atoms with Crippen molar-refractivity contribution < 1.29 is 9.53 Å². The van der Waals surface area contributed by atoms with Crippen molar-refractivity contribution in [3.8, 4) is 0 Å². The minimum atomic E-state index is -0.356. The third kappa shape index (κ3) is 2.91. The molecule has 4 heteroatoms. The molecule has 22 heavy (non-hydrogen) atoms. The molecule has 1 aromatic heterocycles. The summed E-state index contributed by atoms with van der Waals surface area (Å²) < 4.78 is 6.67. The number of unbranched alkanes of at least 4 members (excludes halogenated alkanes) is 1. The number of nitrogens with zero attached hydrogens (tertiary/aromatic N) is 1. The van der Waals surface area contributed by atoms with Gasteiger partial charge in [0, 0.05) is 22.9 Å². The van der Waals surface area contributed by atoms with Crippen molar-refractivity contribution in [2.24, 2.45) is 0 Å². The molecule has 0 aliphatic rings. The number of methoxy groups -OCH3 is 1. The van der Waals surface area contributed by atoms with E-state index in [-0.39, 0.29) is 12.0 Å². The first-order chi connectivity index (χ1) is 10.7. The lowest BCUT2D eigenvalue weighted by atomic mass is 9.95. The Bertz CT molecular complexity index is 675. The molecule has 0 fully saturated rings. The maximum atomic E-state index is 12.3. The van der Waals surface area contributed by atoms with Gasteiger partial charge in [0.2, 0.25) is 0 Å². The summed E-state index contributed by atoms with van der Waals surface area (Å²) in [6.07, 6.45) is 4.38. The Kier molecular flexibility index (Phi) is 5.67. The van der Waals surface area contributed by atoms with Gasteiger partial charge in [0.15, 0.2) is 0 Å². The number of aromatic nitrogens is 1. The van der Waals surface area contributed by atoms with Gasteiger partial charge in [-0.3, -0.25) is 0 Å². The van der Waals surface area contributed by atoms with Crippen molar-refractivity contribution in [1.29, 1.82) is 0 Å². The molecule has 0 N–H and O–H groups in total. The Balaban J connectivity index is 2.78. The van der Waals surface area contributed by atoms with Crippen molar-refractivity contribution in [1.82, 2.24) is 4.57 Å². The summed E-state index contributed by atoms with van der Waals surface area (Å²) in [7, 11) is 1.41. The molecule has 1 aromatic carbocycles. The number of hydrogen-bond acceptors (Lipinski definition) is 2. The fourth-order valence-electron chi connectivity index (χ4n) is 2.88. The zero-order valence-electron chi connectivity index (χ0n) is 13.1. The van der Waals surface area contributed by atoms with Crippen LogP contribution < -0.4 is 0 Å². The smallest absolute Gasteiger partial charge is 0.418 e. The number of alkyl halides is 1. The van der Waals surface area contributed by atoms with Crippen LogP contribution in [0.3, 0.4) is 0 Å². The topological polar surface area (TPSA) is 31.2 Å². The fraction of sp³-hybridized carbons (Fsp3) is 0.389. The van der Waals surface area contributed by atoms with Crippen LogP contribution in [0.1, 0.15) is 36.9 Å².